The number of benzene rings is 1. The summed E-state index contributed by atoms with van der Waals surface area (Å²) in [5.41, 5.74) is 2.54. The molecule has 0 saturated heterocycles. The lowest BCUT2D eigenvalue weighted by Gasteiger charge is -2.02. The largest absolute Gasteiger partial charge is 0.292 e. The number of thiophene rings is 1. The monoisotopic (exact) mass is 340 g/mol. The van der Waals surface area contributed by atoms with Crippen LogP contribution in [-0.2, 0) is 5.75 Å². The van der Waals surface area contributed by atoms with Gasteiger partial charge in [0, 0.05) is 10.2 Å². The number of aryl methyl sites for hydroxylation is 1. The molecular formula is C14H13BrOS2. The van der Waals surface area contributed by atoms with Gasteiger partial charge >= 0.3 is 0 Å². The van der Waals surface area contributed by atoms with Crippen molar-refractivity contribution in [3.63, 3.8) is 0 Å². The molecule has 1 aromatic heterocycles. The highest BCUT2D eigenvalue weighted by Gasteiger charge is 2.11. The molecule has 0 aliphatic carbocycles. The zero-order valence-corrected chi connectivity index (χ0v) is 13.2. The van der Waals surface area contributed by atoms with E-state index in [0.717, 1.165) is 15.1 Å². The second-order valence-electron chi connectivity index (χ2n) is 4.00. The van der Waals surface area contributed by atoms with Gasteiger partial charge in [0.15, 0.2) is 5.78 Å². The van der Waals surface area contributed by atoms with Crippen LogP contribution in [0.15, 0.2) is 40.2 Å². The number of carbonyl (C=O) groups is 1. The molecule has 0 spiro atoms. The Morgan fingerprint density at radius 3 is 2.89 bits per heavy atom. The standard InChI is InChI=1S/C14H13BrOS2/c1-10-3-2-4-11(7-10)8-17-9-13(16)14-12(15)5-6-18-14/h2-7H,8-9H2,1H3. The maximum absolute atomic E-state index is 11.9. The van der Waals surface area contributed by atoms with Gasteiger partial charge < -0.3 is 0 Å². The SMILES string of the molecule is Cc1cccc(CSCC(=O)c2sccc2Br)c1. The van der Waals surface area contributed by atoms with E-state index < -0.39 is 0 Å². The molecule has 1 heterocycles. The van der Waals surface area contributed by atoms with E-state index in [1.807, 2.05) is 11.4 Å². The van der Waals surface area contributed by atoms with Gasteiger partial charge in [-0.3, -0.25) is 4.79 Å². The summed E-state index contributed by atoms with van der Waals surface area (Å²) in [5, 5.41) is 1.93. The molecule has 0 unspecified atom stereocenters. The Morgan fingerprint density at radius 1 is 1.39 bits per heavy atom. The maximum atomic E-state index is 11.9. The van der Waals surface area contributed by atoms with Gasteiger partial charge in [-0.1, -0.05) is 29.8 Å². The third kappa shape index (κ3) is 3.70. The van der Waals surface area contributed by atoms with E-state index in [1.54, 1.807) is 11.8 Å². The lowest BCUT2D eigenvalue weighted by molar-refractivity contribution is 0.102. The summed E-state index contributed by atoms with van der Waals surface area (Å²) in [7, 11) is 0. The number of hydrogen-bond acceptors (Lipinski definition) is 3. The zero-order valence-electron chi connectivity index (χ0n) is 9.98. The van der Waals surface area contributed by atoms with E-state index in [4.69, 9.17) is 0 Å². The molecule has 0 atom stereocenters. The van der Waals surface area contributed by atoms with Crippen LogP contribution in [0, 0.1) is 6.92 Å². The fourth-order valence-electron chi connectivity index (χ4n) is 1.62. The minimum Gasteiger partial charge on any atom is -0.292 e. The summed E-state index contributed by atoms with van der Waals surface area (Å²) in [5.74, 6) is 1.62. The van der Waals surface area contributed by atoms with Gasteiger partial charge in [-0.05, 0) is 39.9 Å². The Bertz CT molecular complexity index is 548. The highest BCUT2D eigenvalue weighted by atomic mass is 79.9. The Balaban J connectivity index is 1.86. The first-order chi connectivity index (χ1) is 8.66. The smallest absolute Gasteiger partial charge is 0.183 e. The van der Waals surface area contributed by atoms with Crippen LogP contribution in [0.5, 0.6) is 0 Å². The summed E-state index contributed by atoms with van der Waals surface area (Å²) in [6.45, 7) is 2.09. The topological polar surface area (TPSA) is 17.1 Å². The van der Waals surface area contributed by atoms with Crippen LogP contribution in [0.4, 0.5) is 0 Å². The zero-order chi connectivity index (χ0) is 13.0. The third-order valence-corrected chi connectivity index (χ3v) is 5.34. The first-order valence-corrected chi connectivity index (χ1v) is 8.39. The first kappa shape index (κ1) is 13.8. The number of hydrogen-bond donors (Lipinski definition) is 0. The lowest BCUT2D eigenvalue weighted by atomic mass is 10.2. The first-order valence-electron chi connectivity index (χ1n) is 5.56. The van der Waals surface area contributed by atoms with Gasteiger partial charge in [-0.25, -0.2) is 0 Å². The highest BCUT2D eigenvalue weighted by Crippen LogP contribution is 2.25. The molecule has 1 nitrogen and oxygen atoms in total. The summed E-state index contributed by atoms with van der Waals surface area (Å²) >= 11 is 6.56. The van der Waals surface area contributed by atoms with Crippen molar-refractivity contribution in [3.05, 3.63) is 56.2 Å². The molecule has 0 aliphatic rings. The Morgan fingerprint density at radius 2 is 2.22 bits per heavy atom. The van der Waals surface area contributed by atoms with E-state index in [1.165, 1.54) is 22.5 Å². The average molecular weight is 341 g/mol. The minimum absolute atomic E-state index is 0.203. The van der Waals surface area contributed by atoms with E-state index in [-0.39, 0.29) is 5.78 Å². The number of ketones is 1. The molecule has 0 saturated carbocycles. The molecule has 2 aromatic rings. The molecule has 0 amide bonds. The molecule has 2 rings (SSSR count). The fraction of sp³-hybridized carbons (Fsp3) is 0.214. The molecule has 0 radical (unpaired) electrons. The van der Waals surface area contributed by atoms with Crippen LogP contribution in [0.1, 0.15) is 20.8 Å². The molecule has 0 N–H and O–H groups in total. The van der Waals surface area contributed by atoms with Crippen molar-refractivity contribution in [2.45, 2.75) is 12.7 Å². The van der Waals surface area contributed by atoms with E-state index in [9.17, 15) is 4.79 Å². The Kier molecular flexibility index (Phi) is 5.03. The van der Waals surface area contributed by atoms with E-state index in [0.29, 0.717) is 5.75 Å². The van der Waals surface area contributed by atoms with E-state index >= 15 is 0 Å². The normalized spacial score (nSPS) is 10.6. The molecule has 1 aromatic carbocycles. The van der Waals surface area contributed by atoms with Crippen LogP contribution in [0.2, 0.25) is 0 Å². The second kappa shape index (κ2) is 6.55. The van der Waals surface area contributed by atoms with Crippen molar-refractivity contribution in [1.82, 2.24) is 0 Å². The molecule has 0 aliphatic heterocycles. The van der Waals surface area contributed by atoms with Gasteiger partial charge in [0.25, 0.3) is 0 Å². The number of thioether (sulfide) groups is 1. The molecule has 4 heteroatoms. The predicted octanol–water partition coefficient (Wildman–Crippen LogP) is 4.94. The van der Waals surface area contributed by atoms with Crippen molar-refractivity contribution < 1.29 is 4.79 Å². The average Bonchev–Trinajstić information content (AvgIpc) is 2.75. The summed E-state index contributed by atoms with van der Waals surface area (Å²) in [6.07, 6.45) is 0. The number of halogens is 1. The van der Waals surface area contributed by atoms with Crippen LogP contribution in [-0.4, -0.2) is 11.5 Å². The Labute approximate surface area is 124 Å². The van der Waals surface area contributed by atoms with Crippen molar-refractivity contribution in [2.75, 3.05) is 5.75 Å². The molecule has 0 fully saturated rings. The van der Waals surface area contributed by atoms with Crippen LogP contribution in [0.3, 0.4) is 0 Å². The summed E-state index contributed by atoms with van der Waals surface area (Å²) in [4.78, 5) is 12.8. The van der Waals surface area contributed by atoms with Crippen molar-refractivity contribution in [2.24, 2.45) is 0 Å². The van der Waals surface area contributed by atoms with Crippen molar-refractivity contribution >= 4 is 44.8 Å². The summed E-state index contributed by atoms with van der Waals surface area (Å²) < 4.78 is 0.911. The van der Waals surface area contributed by atoms with Gasteiger partial charge in [0.1, 0.15) is 0 Å². The molecule has 0 bridgehead atoms. The van der Waals surface area contributed by atoms with Crippen LogP contribution >= 0.6 is 39.0 Å². The van der Waals surface area contributed by atoms with Gasteiger partial charge in [0.2, 0.25) is 0 Å². The molecule has 94 valence electrons. The van der Waals surface area contributed by atoms with Gasteiger partial charge in [0.05, 0.1) is 10.6 Å². The number of carbonyl (C=O) groups excluding carboxylic acids is 1. The van der Waals surface area contributed by atoms with Crippen molar-refractivity contribution in [1.29, 1.82) is 0 Å². The van der Waals surface area contributed by atoms with Crippen LogP contribution < -0.4 is 0 Å². The number of rotatable bonds is 5. The molecular weight excluding hydrogens is 328 g/mol. The third-order valence-electron chi connectivity index (χ3n) is 2.45. The second-order valence-corrected chi connectivity index (χ2v) is 6.76. The maximum Gasteiger partial charge on any atom is 0.183 e. The number of Topliss-reactive ketones (excluding diaryl/α,β-unsaturated/α-hetero) is 1. The lowest BCUT2D eigenvalue weighted by Crippen LogP contribution is -2.00. The van der Waals surface area contributed by atoms with E-state index in [2.05, 4.69) is 47.1 Å². The van der Waals surface area contributed by atoms with Crippen molar-refractivity contribution in [3.8, 4) is 0 Å². The predicted molar refractivity (Wildman–Crippen MR) is 83.7 cm³/mol. The Hall–Kier alpha value is -0.580. The fourth-order valence-corrected chi connectivity index (χ4v) is 4.09. The minimum atomic E-state index is 0.203. The molecule has 18 heavy (non-hydrogen) atoms. The quantitative estimate of drug-likeness (QED) is 0.717. The van der Waals surface area contributed by atoms with Crippen LogP contribution in [0.25, 0.3) is 0 Å². The van der Waals surface area contributed by atoms with Gasteiger partial charge in [-0.15, -0.1) is 23.1 Å². The highest BCUT2D eigenvalue weighted by molar-refractivity contribution is 9.10. The van der Waals surface area contributed by atoms with Gasteiger partial charge in [-0.2, -0.15) is 0 Å². The summed E-state index contributed by atoms with van der Waals surface area (Å²) in [6, 6.07) is 10.3.